The smallest absolute Gasteiger partial charge is 0.289 e. The number of rotatable bonds is 4. The van der Waals surface area contributed by atoms with Crippen LogP contribution in [0.5, 0.6) is 0 Å². The van der Waals surface area contributed by atoms with Gasteiger partial charge in [0, 0.05) is 12.5 Å². The molecule has 98 valence electrons. The van der Waals surface area contributed by atoms with Crippen LogP contribution in [0.3, 0.4) is 0 Å². The number of nitrogen functional groups attached to an aromatic ring is 1. The summed E-state index contributed by atoms with van der Waals surface area (Å²) in [6.45, 7) is 1.78. The van der Waals surface area contributed by atoms with Gasteiger partial charge in [-0.05, 0) is 47.5 Å². The van der Waals surface area contributed by atoms with Crippen molar-refractivity contribution in [2.24, 2.45) is 0 Å². The van der Waals surface area contributed by atoms with Gasteiger partial charge >= 0.3 is 5.16 Å². The normalized spacial score (nSPS) is 11.1. The number of ketones is 1. The lowest BCUT2D eigenvalue weighted by Gasteiger charge is -1.94. The Morgan fingerprint density at radius 1 is 1.47 bits per heavy atom. The summed E-state index contributed by atoms with van der Waals surface area (Å²) in [5, 5.41) is 8.81. The summed E-state index contributed by atoms with van der Waals surface area (Å²) >= 11 is 1.21. The molecule has 2 rings (SSSR count). The maximum atomic E-state index is 12.7. The quantitative estimate of drug-likeness (QED) is 0.291. The molecule has 0 amide bonds. The minimum atomic E-state index is -0.369. The molecule has 7 heteroatoms. The predicted octanol–water partition coefficient (Wildman–Crippen LogP) is 1.35. The van der Waals surface area contributed by atoms with Crippen LogP contribution in [0.4, 0.5) is 4.39 Å². The van der Waals surface area contributed by atoms with Gasteiger partial charge in [0.05, 0.1) is 5.10 Å². The molecule has 0 unspecified atom stereocenters. The van der Waals surface area contributed by atoms with Gasteiger partial charge < -0.3 is 0 Å². The van der Waals surface area contributed by atoms with Gasteiger partial charge in [-0.3, -0.25) is 10.6 Å². The molecule has 1 heterocycles. The first kappa shape index (κ1) is 13.3. The largest absolute Gasteiger partial charge is 0.362 e. The maximum absolute atomic E-state index is 12.7. The zero-order chi connectivity index (χ0) is 13.8. The first-order valence-corrected chi connectivity index (χ1v) is 6.31. The van der Waals surface area contributed by atoms with Crippen LogP contribution in [0.2, 0.25) is 0 Å². The van der Waals surface area contributed by atoms with Gasteiger partial charge in [0.15, 0.2) is 5.78 Å². The first-order valence-electron chi connectivity index (χ1n) is 5.43. The second-order valence-electron chi connectivity index (χ2n) is 3.75. The van der Waals surface area contributed by atoms with Gasteiger partial charge in [0.25, 0.3) is 5.82 Å². The molecule has 0 bridgehead atoms. The Hall–Kier alpha value is -2.15. The van der Waals surface area contributed by atoms with Crippen LogP contribution in [0.15, 0.2) is 40.9 Å². The molecule has 19 heavy (non-hydrogen) atoms. The highest BCUT2D eigenvalue weighted by atomic mass is 32.2. The number of halogens is 1. The molecule has 0 spiro atoms. The lowest BCUT2D eigenvalue weighted by Crippen LogP contribution is -2.47. The van der Waals surface area contributed by atoms with Crippen molar-refractivity contribution in [3.05, 3.63) is 53.0 Å². The average Bonchev–Trinajstić information content (AvgIpc) is 2.71. The van der Waals surface area contributed by atoms with Gasteiger partial charge in [-0.1, -0.05) is 0 Å². The Bertz CT molecular complexity index is 621. The number of nitrogens with one attached hydrogen (secondary N) is 1. The summed E-state index contributed by atoms with van der Waals surface area (Å²) in [4.78, 5) is 11.7. The SMILES string of the molecule is Cc1[nH]nc(S/C=C/C(=O)c2ccc(F)cc2)[n+]1N. The van der Waals surface area contributed by atoms with Crippen molar-refractivity contribution < 1.29 is 13.9 Å². The number of carbonyl (C=O) groups is 1. The highest BCUT2D eigenvalue weighted by Crippen LogP contribution is 2.12. The number of allylic oxidation sites excluding steroid dienone is 1. The van der Waals surface area contributed by atoms with E-state index in [1.165, 1.54) is 46.8 Å². The summed E-state index contributed by atoms with van der Waals surface area (Å²) < 4.78 is 14.1. The monoisotopic (exact) mass is 279 g/mol. The first-order chi connectivity index (χ1) is 9.08. The fourth-order valence-electron chi connectivity index (χ4n) is 1.33. The highest BCUT2D eigenvalue weighted by molar-refractivity contribution is 8.01. The van der Waals surface area contributed by atoms with Crippen LogP contribution in [0, 0.1) is 12.7 Å². The standard InChI is InChI=1S/C12H11FN4OS/c1-8-15-16-12(17(8)14)19-7-6-11(18)9-2-4-10(13)5-3-9/h2-7H,14H2,1H3/p+1/b7-6+. The molecule has 2 aromatic rings. The van der Waals surface area contributed by atoms with Crippen LogP contribution in [-0.2, 0) is 0 Å². The number of aryl methyl sites for hydroxylation is 1. The zero-order valence-corrected chi connectivity index (χ0v) is 10.9. The van der Waals surface area contributed by atoms with E-state index < -0.39 is 0 Å². The van der Waals surface area contributed by atoms with E-state index in [1.807, 2.05) is 0 Å². The van der Waals surface area contributed by atoms with E-state index in [0.29, 0.717) is 16.5 Å². The molecule has 5 nitrogen and oxygen atoms in total. The number of aromatic amines is 1. The van der Waals surface area contributed by atoms with E-state index >= 15 is 0 Å². The Balaban J connectivity index is 2.01. The second-order valence-corrected chi connectivity index (χ2v) is 4.63. The van der Waals surface area contributed by atoms with Gasteiger partial charge in [-0.2, -0.15) is 0 Å². The molecule has 0 aliphatic carbocycles. The fraction of sp³-hybridized carbons (Fsp3) is 0.0833. The molecule has 1 aromatic heterocycles. The summed E-state index contributed by atoms with van der Waals surface area (Å²) in [6, 6.07) is 5.38. The molecular formula is C12H12FN4OS+. The van der Waals surface area contributed by atoms with Crippen molar-refractivity contribution in [2.45, 2.75) is 12.1 Å². The third-order valence-electron chi connectivity index (χ3n) is 2.40. The second kappa shape index (κ2) is 5.66. The topological polar surface area (TPSA) is 75.7 Å². The number of benzene rings is 1. The van der Waals surface area contributed by atoms with Crippen molar-refractivity contribution in [1.29, 1.82) is 0 Å². The van der Waals surface area contributed by atoms with E-state index in [0.717, 1.165) is 0 Å². The highest BCUT2D eigenvalue weighted by Gasteiger charge is 2.13. The summed E-state index contributed by atoms with van der Waals surface area (Å²) in [6.07, 6.45) is 1.39. The third-order valence-corrected chi connectivity index (χ3v) is 3.17. The van der Waals surface area contributed by atoms with Crippen molar-refractivity contribution in [3.63, 3.8) is 0 Å². The van der Waals surface area contributed by atoms with E-state index in [4.69, 9.17) is 5.84 Å². The molecule has 0 radical (unpaired) electrons. The van der Waals surface area contributed by atoms with Crippen molar-refractivity contribution in [1.82, 2.24) is 10.2 Å². The van der Waals surface area contributed by atoms with Crippen molar-refractivity contribution in [3.8, 4) is 0 Å². The molecule has 0 aliphatic rings. The minimum absolute atomic E-state index is 0.205. The molecular weight excluding hydrogens is 267 g/mol. The van der Waals surface area contributed by atoms with Crippen LogP contribution < -0.4 is 10.5 Å². The molecule has 3 N–H and O–H groups in total. The summed E-state index contributed by atoms with van der Waals surface area (Å²) in [5.41, 5.74) is 0.428. The number of aromatic nitrogens is 3. The summed E-state index contributed by atoms with van der Waals surface area (Å²) in [5.74, 6) is 5.82. The molecule has 0 saturated heterocycles. The molecule has 0 aliphatic heterocycles. The number of hydrogen-bond donors (Lipinski definition) is 2. The number of nitrogens with zero attached hydrogens (tertiary/aromatic N) is 2. The number of hydrogen-bond acceptors (Lipinski definition) is 4. The van der Waals surface area contributed by atoms with E-state index in [1.54, 1.807) is 12.3 Å². The van der Waals surface area contributed by atoms with Crippen molar-refractivity contribution >= 4 is 17.5 Å². The molecule has 1 aromatic carbocycles. The number of carbonyl (C=O) groups excluding carboxylic acids is 1. The van der Waals surface area contributed by atoms with Crippen LogP contribution in [0.1, 0.15) is 16.2 Å². The lowest BCUT2D eigenvalue weighted by molar-refractivity contribution is -0.683. The number of H-pyrrole nitrogens is 1. The summed E-state index contributed by atoms with van der Waals surface area (Å²) in [7, 11) is 0. The molecule has 0 fully saturated rings. The van der Waals surface area contributed by atoms with Gasteiger partial charge in [0.1, 0.15) is 5.82 Å². The molecule has 0 atom stereocenters. The maximum Gasteiger partial charge on any atom is 0.362 e. The van der Waals surface area contributed by atoms with E-state index in [-0.39, 0.29) is 11.6 Å². The Labute approximate surface area is 113 Å². The third kappa shape index (κ3) is 3.19. The van der Waals surface area contributed by atoms with Gasteiger partial charge in [-0.25, -0.2) is 4.39 Å². The number of nitrogens with two attached hydrogens (primary N) is 1. The Morgan fingerprint density at radius 2 is 2.16 bits per heavy atom. The zero-order valence-electron chi connectivity index (χ0n) is 10.1. The fourth-order valence-corrected chi connectivity index (χ4v) is 1.99. The van der Waals surface area contributed by atoms with Crippen molar-refractivity contribution in [2.75, 3.05) is 5.84 Å². The van der Waals surface area contributed by atoms with E-state index in [9.17, 15) is 9.18 Å². The Kier molecular flexibility index (Phi) is 3.96. The van der Waals surface area contributed by atoms with E-state index in [2.05, 4.69) is 10.2 Å². The minimum Gasteiger partial charge on any atom is -0.289 e. The van der Waals surface area contributed by atoms with Crippen LogP contribution in [0.25, 0.3) is 0 Å². The van der Waals surface area contributed by atoms with Crippen LogP contribution >= 0.6 is 11.8 Å². The van der Waals surface area contributed by atoms with Crippen LogP contribution in [-0.4, -0.2) is 16.0 Å². The predicted molar refractivity (Wildman–Crippen MR) is 69.4 cm³/mol. The lowest BCUT2D eigenvalue weighted by atomic mass is 10.1. The van der Waals surface area contributed by atoms with Gasteiger partial charge in [-0.15, -0.1) is 9.77 Å². The molecule has 0 saturated carbocycles. The average molecular weight is 279 g/mol. The number of thioether (sulfide) groups is 1. The van der Waals surface area contributed by atoms with Gasteiger partial charge in [0.2, 0.25) is 0 Å². The Morgan fingerprint density at radius 3 is 2.74 bits per heavy atom.